The van der Waals surface area contributed by atoms with Crippen molar-refractivity contribution in [1.82, 2.24) is 14.5 Å². The van der Waals surface area contributed by atoms with Crippen LogP contribution in [0.2, 0.25) is 0 Å². The lowest BCUT2D eigenvalue weighted by atomic mass is 9.86. The van der Waals surface area contributed by atoms with Crippen LogP contribution >= 0.6 is 0 Å². The van der Waals surface area contributed by atoms with E-state index in [-0.39, 0.29) is 22.4 Å². The molecule has 0 radical (unpaired) electrons. The smallest absolute Gasteiger partial charge is 0.149 e. The molecule has 0 fully saturated rings. The Morgan fingerprint density at radius 2 is 1.29 bits per heavy atom. The SMILES string of the molecule is [2H]c1nc(-c2cc(-c3ccccc3)cc(-c3cccc4c3nc(-c3ccccc3O)n4-c3ccc(C([2H])(C)C)cc3-c3ccc(C(C)(C)C)cc3)c2)c([2H])c(-c2c([2H])c([2H])c(C(C([2H])([2H])[2H])(C([2H])([2H])[2H])C([2H])([2H])[2H])c([2H])c2[2H])c1[2H]. The fourth-order valence-electron chi connectivity index (χ4n) is 7.76. The van der Waals surface area contributed by atoms with Crippen molar-refractivity contribution in [3.63, 3.8) is 0 Å². The highest BCUT2D eigenvalue weighted by Gasteiger charge is 2.24. The van der Waals surface area contributed by atoms with Crippen molar-refractivity contribution in [3.8, 4) is 78.6 Å². The fourth-order valence-corrected chi connectivity index (χ4v) is 7.76. The summed E-state index contributed by atoms with van der Waals surface area (Å²) in [5.74, 6) is -0.611. The standard InChI is InChI=1S/C59H55N3O/c1-38(2)42-25-30-53(51(36-42)41-23-28-48(29-24-41)59(6,7)8)62-54-19-14-18-49(56(54)61-57(62)50-17-12-13-20-55(50)63)45-33-44(39-15-10-9-11-16-39)34-46(35-45)52-37-43(31-32-60-52)40-21-26-47(27-22-40)58(3,4)5/h9-38,63H,1-8H3/i3D3,4D3,5D3,21D,22D,26D,27D,31D,32D,37D,38D. The zero-order valence-corrected chi connectivity index (χ0v) is 35.5. The highest BCUT2D eigenvalue weighted by atomic mass is 16.3. The summed E-state index contributed by atoms with van der Waals surface area (Å²) in [5, 5.41) is 11.6. The van der Waals surface area contributed by atoms with Crippen molar-refractivity contribution in [2.24, 2.45) is 0 Å². The summed E-state index contributed by atoms with van der Waals surface area (Å²) in [4.78, 5) is 9.73. The molecule has 4 heteroatoms. The Morgan fingerprint density at radius 1 is 0.587 bits per heavy atom. The molecule has 4 nitrogen and oxygen atoms in total. The van der Waals surface area contributed by atoms with Gasteiger partial charge in [-0.1, -0.05) is 164 Å². The summed E-state index contributed by atoms with van der Waals surface area (Å²) in [6.45, 7) is -1.73. The van der Waals surface area contributed by atoms with Crippen LogP contribution in [0.1, 0.15) is 101 Å². The van der Waals surface area contributed by atoms with Crippen LogP contribution in [0.5, 0.6) is 5.75 Å². The molecule has 0 aliphatic carbocycles. The molecule has 0 aliphatic heterocycles. The maximum absolute atomic E-state index is 11.6. The number of fused-ring (bicyclic) bond motifs is 1. The molecule has 7 aromatic carbocycles. The summed E-state index contributed by atoms with van der Waals surface area (Å²) in [7, 11) is 0. The van der Waals surface area contributed by atoms with Gasteiger partial charge in [0.15, 0.2) is 0 Å². The minimum absolute atomic E-state index is 0.0320. The maximum atomic E-state index is 11.6. The molecule has 0 saturated carbocycles. The third-order valence-corrected chi connectivity index (χ3v) is 11.2. The number of hydrogen-bond acceptors (Lipinski definition) is 3. The third kappa shape index (κ3) is 8.22. The fraction of sp³-hybridized carbons (Fsp3) is 0.186. The molecule has 2 aromatic heterocycles. The van der Waals surface area contributed by atoms with Gasteiger partial charge in [-0.15, -0.1) is 0 Å². The number of aromatic nitrogens is 3. The van der Waals surface area contributed by atoms with Gasteiger partial charge in [0.25, 0.3) is 0 Å². The molecule has 63 heavy (non-hydrogen) atoms. The molecule has 0 atom stereocenters. The molecule has 0 spiro atoms. The molecule has 9 rings (SSSR count). The molecule has 312 valence electrons. The summed E-state index contributed by atoms with van der Waals surface area (Å²) in [6, 6.07) is 34.8. The molecule has 9 aromatic rings. The Morgan fingerprint density at radius 3 is 2.00 bits per heavy atom. The zero-order chi connectivity index (χ0) is 58.6. The number of benzene rings is 7. The molecule has 0 aliphatic rings. The van der Waals surface area contributed by atoms with Crippen LogP contribution in [0.3, 0.4) is 0 Å². The van der Waals surface area contributed by atoms with Crippen molar-refractivity contribution in [2.45, 2.75) is 71.9 Å². The maximum Gasteiger partial charge on any atom is 0.149 e. The van der Waals surface area contributed by atoms with E-state index < -0.39 is 91.0 Å². The summed E-state index contributed by atoms with van der Waals surface area (Å²) in [6.07, 6.45) is -0.753. The van der Waals surface area contributed by atoms with E-state index in [9.17, 15) is 9.22 Å². The van der Waals surface area contributed by atoms with E-state index in [1.165, 1.54) is 0 Å². The van der Waals surface area contributed by atoms with Gasteiger partial charge >= 0.3 is 0 Å². The first-order valence-corrected chi connectivity index (χ1v) is 20.6. The number of para-hydroxylation sites is 2. The second-order valence-electron chi connectivity index (χ2n) is 16.9. The first kappa shape index (κ1) is 25.8. The van der Waals surface area contributed by atoms with Crippen molar-refractivity contribution in [1.29, 1.82) is 0 Å². The van der Waals surface area contributed by atoms with Crippen molar-refractivity contribution in [2.75, 3.05) is 0 Å². The van der Waals surface area contributed by atoms with E-state index in [1.54, 1.807) is 36.4 Å². The predicted octanol–water partition coefficient (Wildman–Crippen LogP) is 15.8. The Kier molecular flexibility index (Phi) is 6.69. The first-order valence-electron chi connectivity index (χ1n) is 29.1. The van der Waals surface area contributed by atoms with Crippen LogP contribution < -0.4 is 0 Å². The van der Waals surface area contributed by atoms with Gasteiger partial charge < -0.3 is 5.11 Å². The second kappa shape index (κ2) is 16.3. The number of pyridine rings is 1. The minimum Gasteiger partial charge on any atom is -0.507 e. The van der Waals surface area contributed by atoms with Crippen LogP contribution in [-0.2, 0) is 10.8 Å². The predicted molar refractivity (Wildman–Crippen MR) is 265 cm³/mol. The first-order chi connectivity index (χ1) is 37.2. The van der Waals surface area contributed by atoms with E-state index in [2.05, 4.69) is 50.0 Å². The van der Waals surface area contributed by atoms with E-state index >= 15 is 0 Å². The molecule has 0 unspecified atom stereocenters. The Bertz CT molecular complexity index is 3840. The van der Waals surface area contributed by atoms with Crippen molar-refractivity contribution < 1.29 is 28.4 Å². The molecule has 0 amide bonds. The van der Waals surface area contributed by atoms with Gasteiger partial charge in [0.05, 0.1) is 37.6 Å². The number of phenols is 1. The highest BCUT2D eigenvalue weighted by Crippen LogP contribution is 2.42. The monoisotopic (exact) mass is 839 g/mol. The zero-order valence-electron chi connectivity index (χ0n) is 52.5. The number of aromatic hydroxyl groups is 1. The highest BCUT2D eigenvalue weighted by molar-refractivity contribution is 5.98. The molecule has 0 saturated heterocycles. The topological polar surface area (TPSA) is 50.9 Å². The van der Waals surface area contributed by atoms with Gasteiger partial charge in [0, 0.05) is 36.6 Å². The number of nitrogens with zero attached hydrogens (tertiary/aromatic N) is 3. The molecule has 1 N–H and O–H groups in total. The molecule has 2 heterocycles. The number of hydrogen-bond donors (Lipinski definition) is 1. The molecular weight excluding hydrogens is 767 g/mol. The Labute approximate surface area is 396 Å². The Balaban J connectivity index is 1.32. The van der Waals surface area contributed by atoms with Crippen molar-refractivity contribution in [3.05, 3.63) is 193 Å². The Hall–Kier alpha value is -7.04. The quantitative estimate of drug-likeness (QED) is 0.166. The largest absolute Gasteiger partial charge is 0.507 e. The second-order valence-corrected chi connectivity index (χ2v) is 16.9. The van der Waals surface area contributed by atoms with Gasteiger partial charge in [-0.05, 0) is 127 Å². The van der Waals surface area contributed by atoms with Gasteiger partial charge in [-0.25, -0.2) is 4.98 Å². The van der Waals surface area contributed by atoms with Gasteiger partial charge in [-0.3, -0.25) is 9.55 Å². The number of imidazole rings is 1. The van der Waals surface area contributed by atoms with Crippen LogP contribution in [0.25, 0.3) is 83.9 Å². The summed E-state index contributed by atoms with van der Waals surface area (Å²) >= 11 is 0. The van der Waals surface area contributed by atoms with Gasteiger partial charge in [-0.2, -0.15) is 0 Å². The van der Waals surface area contributed by atoms with E-state index in [0.717, 1.165) is 22.3 Å². The normalized spacial score (nSPS) is 16.7. The lowest BCUT2D eigenvalue weighted by Gasteiger charge is -2.21. The summed E-state index contributed by atoms with van der Waals surface area (Å²) < 4.78 is 150. The van der Waals surface area contributed by atoms with Crippen molar-refractivity contribution >= 4 is 11.0 Å². The average Bonchev–Trinajstić information content (AvgIpc) is 3.92. The van der Waals surface area contributed by atoms with E-state index in [1.807, 2.05) is 91.2 Å². The molecular formula is C59H55N3O. The minimum atomic E-state index is -3.93. The van der Waals surface area contributed by atoms with Gasteiger partial charge in [0.2, 0.25) is 0 Å². The van der Waals surface area contributed by atoms with Crippen LogP contribution in [0.4, 0.5) is 0 Å². The number of phenolic OH excluding ortho intramolecular Hbond substituents is 1. The number of rotatable bonds is 8. The van der Waals surface area contributed by atoms with Crippen LogP contribution in [0, 0.1) is 0 Å². The van der Waals surface area contributed by atoms with Gasteiger partial charge in [0.1, 0.15) is 11.6 Å². The molecule has 0 bridgehead atoms. The lowest BCUT2D eigenvalue weighted by molar-refractivity contribution is 0.477. The van der Waals surface area contributed by atoms with E-state index in [4.69, 9.17) is 24.2 Å². The third-order valence-electron chi connectivity index (χ3n) is 11.2. The van der Waals surface area contributed by atoms with E-state index in [0.29, 0.717) is 50.4 Å². The summed E-state index contributed by atoms with van der Waals surface area (Å²) in [5.41, 5.74) is 1.33. The van der Waals surface area contributed by atoms with Crippen LogP contribution in [0.15, 0.2) is 176 Å². The van der Waals surface area contributed by atoms with Crippen LogP contribution in [-0.4, -0.2) is 19.6 Å². The lowest BCUT2D eigenvalue weighted by Crippen LogP contribution is -2.10. The average molecular weight is 839 g/mol.